The second-order valence-electron chi connectivity index (χ2n) is 6.21. The van der Waals surface area contributed by atoms with E-state index < -0.39 is 0 Å². The zero-order valence-corrected chi connectivity index (χ0v) is 16.2. The summed E-state index contributed by atoms with van der Waals surface area (Å²) in [5, 5.41) is 14.0. The summed E-state index contributed by atoms with van der Waals surface area (Å²) >= 11 is 5.68. The molecule has 0 aliphatic carbocycles. The Labute approximate surface area is 165 Å². The van der Waals surface area contributed by atoms with Gasteiger partial charge in [0.1, 0.15) is 11.5 Å². The van der Waals surface area contributed by atoms with Crippen molar-refractivity contribution in [2.75, 3.05) is 17.3 Å². The Morgan fingerprint density at radius 1 is 1.00 bits per heavy atom. The summed E-state index contributed by atoms with van der Waals surface area (Å²) in [5.74, 6) is 1.02. The first-order valence-electron chi connectivity index (χ1n) is 8.63. The van der Waals surface area contributed by atoms with Gasteiger partial charge in [-0.2, -0.15) is 0 Å². The minimum atomic E-state index is 0.245. The number of thiocarbonyl (C=S) groups is 1. The molecule has 0 atom stereocenters. The van der Waals surface area contributed by atoms with E-state index in [0.717, 1.165) is 22.7 Å². The number of aromatic hydroxyl groups is 1. The van der Waals surface area contributed by atoms with Gasteiger partial charge in [0.15, 0.2) is 5.11 Å². The number of aryl methyl sites for hydroxylation is 1. The van der Waals surface area contributed by atoms with Crippen LogP contribution in [0.3, 0.4) is 0 Å². The van der Waals surface area contributed by atoms with E-state index in [-0.39, 0.29) is 5.75 Å². The van der Waals surface area contributed by atoms with Crippen LogP contribution in [0.1, 0.15) is 11.1 Å². The van der Waals surface area contributed by atoms with E-state index in [1.54, 1.807) is 19.2 Å². The predicted molar refractivity (Wildman–Crippen MR) is 115 cm³/mol. The quantitative estimate of drug-likeness (QED) is 0.604. The van der Waals surface area contributed by atoms with Crippen molar-refractivity contribution in [2.45, 2.75) is 13.5 Å². The average molecular weight is 378 g/mol. The largest absolute Gasteiger partial charge is 0.508 e. The molecular formula is C22H22N2O2S. The normalized spacial score (nSPS) is 10.3. The lowest BCUT2D eigenvalue weighted by atomic mass is 10.1. The van der Waals surface area contributed by atoms with Gasteiger partial charge in [0, 0.05) is 16.9 Å². The summed E-state index contributed by atoms with van der Waals surface area (Å²) in [7, 11) is 1.64. The maximum Gasteiger partial charge on any atom is 0.178 e. The fraction of sp³-hybridized carbons (Fsp3) is 0.136. The number of phenolic OH excluding ortho intramolecular Hbond substituents is 1. The number of anilines is 2. The molecule has 0 fully saturated rings. The minimum Gasteiger partial charge on any atom is -0.508 e. The highest BCUT2D eigenvalue weighted by Crippen LogP contribution is 2.25. The first-order valence-corrected chi connectivity index (χ1v) is 9.04. The molecule has 0 amide bonds. The third-order valence-corrected chi connectivity index (χ3v) is 4.57. The molecule has 0 aliphatic heterocycles. The van der Waals surface area contributed by atoms with Gasteiger partial charge in [0.05, 0.1) is 13.7 Å². The Hall–Kier alpha value is -3.05. The van der Waals surface area contributed by atoms with Gasteiger partial charge >= 0.3 is 0 Å². The lowest BCUT2D eigenvalue weighted by Gasteiger charge is -2.26. The summed E-state index contributed by atoms with van der Waals surface area (Å²) in [6, 6.07) is 23.0. The molecule has 0 radical (unpaired) electrons. The minimum absolute atomic E-state index is 0.245. The van der Waals surface area contributed by atoms with E-state index in [1.165, 1.54) is 5.56 Å². The van der Waals surface area contributed by atoms with Crippen molar-refractivity contribution < 1.29 is 9.84 Å². The number of methoxy groups -OCH3 is 1. The van der Waals surface area contributed by atoms with Crippen LogP contribution in [-0.4, -0.2) is 17.3 Å². The number of nitrogens with zero attached hydrogens (tertiary/aromatic N) is 1. The SMILES string of the molecule is COc1ccc(N(Cc2ccccc2O)C(=S)Nc2ccc(C)cc2)cc1. The van der Waals surface area contributed by atoms with Crippen molar-refractivity contribution in [2.24, 2.45) is 0 Å². The van der Waals surface area contributed by atoms with Gasteiger partial charge in [0.2, 0.25) is 0 Å². The highest BCUT2D eigenvalue weighted by molar-refractivity contribution is 7.80. The molecule has 0 heterocycles. The molecule has 4 nitrogen and oxygen atoms in total. The molecular weight excluding hydrogens is 356 g/mol. The van der Waals surface area contributed by atoms with Crippen LogP contribution in [0.4, 0.5) is 11.4 Å². The highest BCUT2D eigenvalue weighted by atomic mass is 32.1. The van der Waals surface area contributed by atoms with Crippen molar-refractivity contribution >= 4 is 28.7 Å². The van der Waals surface area contributed by atoms with Crippen LogP contribution in [-0.2, 0) is 6.54 Å². The van der Waals surface area contributed by atoms with Crippen LogP contribution in [0.25, 0.3) is 0 Å². The Bertz CT molecular complexity index is 908. The molecule has 5 heteroatoms. The number of phenols is 1. The summed E-state index contributed by atoms with van der Waals surface area (Å²) in [5.41, 5.74) is 3.80. The molecule has 0 saturated heterocycles. The molecule has 3 aromatic rings. The lowest BCUT2D eigenvalue weighted by Crippen LogP contribution is -2.34. The topological polar surface area (TPSA) is 44.7 Å². The lowest BCUT2D eigenvalue weighted by molar-refractivity contribution is 0.415. The van der Waals surface area contributed by atoms with Crippen LogP contribution >= 0.6 is 12.2 Å². The van der Waals surface area contributed by atoms with Crippen molar-refractivity contribution in [3.8, 4) is 11.5 Å². The second-order valence-corrected chi connectivity index (χ2v) is 6.60. The molecule has 27 heavy (non-hydrogen) atoms. The van der Waals surface area contributed by atoms with Gasteiger partial charge in [-0.25, -0.2) is 0 Å². The van der Waals surface area contributed by atoms with Crippen molar-refractivity contribution in [1.82, 2.24) is 0 Å². The van der Waals surface area contributed by atoms with Gasteiger partial charge in [-0.3, -0.25) is 0 Å². The zero-order valence-electron chi connectivity index (χ0n) is 15.3. The molecule has 3 aromatic carbocycles. The smallest absolute Gasteiger partial charge is 0.178 e. The van der Waals surface area contributed by atoms with E-state index in [2.05, 4.69) is 5.32 Å². The monoisotopic (exact) mass is 378 g/mol. The number of hydrogen-bond donors (Lipinski definition) is 2. The maximum absolute atomic E-state index is 10.2. The average Bonchev–Trinajstić information content (AvgIpc) is 2.69. The van der Waals surface area contributed by atoms with E-state index in [0.29, 0.717) is 11.7 Å². The van der Waals surface area contributed by atoms with E-state index in [1.807, 2.05) is 72.5 Å². The molecule has 0 unspecified atom stereocenters. The van der Waals surface area contributed by atoms with Gasteiger partial charge in [-0.15, -0.1) is 0 Å². The van der Waals surface area contributed by atoms with Crippen LogP contribution < -0.4 is 15.0 Å². The van der Waals surface area contributed by atoms with Gasteiger partial charge in [-0.05, 0) is 61.6 Å². The van der Waals surface area contributed by atoms with E-state index in [4.69, 9.17) is 17.0 Å². The Kier molecular flexibility index (Phi) is 5.94. The third kappa shape index (κ3) is 4.77. The van der Waals surface area contributed by atoms with Crippen molar-refractivity contribution in [1.29, 1.82) is 0 Å². The van der Waals surface area contributed by atoms with Crippen molar-refractivity contribution in [3.05, 3.63) is 83.9 Å². The fourth-order valence-corrected chi connectivity index (χ4v) is 2.97. The van der Waals surface area contributed by atoms with Crippen LogP contribution in [0.2, 0.25) is 0 Å². The van der Waals surface area contributed by atoms with Crippen molar-refractivity contribution in [3.63, 3.8) is 0 Å². The molecule has 0 bridgehead atoms. The standard InChI is InChI=1S/C22H22N2O2S/c1-16-7-9-18(10-8-16)23-22(27)24(15-17-5-3-4-6-21(17)25)19-11-13-20(26-2)14-12-19/h3-14,25H,15H2,1-2H3,(H,23,27). The number of hydrogen-bond acceptors (Lipinski definition) is 3. The highest BCUT2D eigenvalue weighted by Gasteiger charge is 2.15. The summed E-state index contributed by atoms with van der Waals surface area (Å²) in [4.78, 5) is 1.95. The Morgan fingerprint density at radius 3 is 2.30 bits per heavy atom. The summed E-state index contributed by atoms with van der Waals surface area (Å²) in [6.07, 6.45) is 0. The van der Waals surface area contributed by atoms with Gasteiger partial charge < -0.3 is 20.1 Å². The summed E-state index contributed by atoms with van der Waals surface area (Å²) in [6.45, 7) is 2.49. The van der Waals surface area contributed by atoms with Crippen LogP contribution in [0.5, 0.6) is 11.5 Å². The van der Waals surface area contributed by atoms with Gasteiger partial charge in [-0.1, -0.05) is 35.9 Å². The Balaban J connectivity index is 1.89. The number of benzene rings is 3. The summed E-state index contributed by atoms with van der Waals surface area (Å²) < 4.78 is 5.25. The third-order valence-electron chi connectivity index (χ3n) is 4.25. The van der Waals surface area contributed by atoms with Gasteiger partial charge in [0.25, 0.3) is 0 Å². The van der Waals surface area contributed by atoms with E-state index in [9.17, 15) is 5.11 Å². The van der Waals surface area contributed by atoms with Crippen LogP contribution in [0.15, 0.2) is 72.8 Å². The molecule has 0 aliphatic rings. The second kappa shape index (κ2) is 8.56. The first-order chi connectivity index (χ1) is 13.1. The molecule has 2 N–H and O–H groups in total. The number of nitrogens with one attached hydrogen (secondary N) is 1. The number of ether oxygens (including phenoxy) is 1. The molecule has 0 spiro atoms. The number of para-hydroxylation sites is 1. The maximum atomic E-state index is 10.2. The number of rotatable bonds is 5. The van der Waals surface area contributed by atoms with Crippen LogP contribution in [0, 0.1) is 6.92 Å². The molecule has 138 valence electrons. The van der Waals surface area contributed by atoms with E-state index >= 15 is 0 Å². The molecule has 0 aromatic heterocycles. The fourth-order valence-electron chi connectivity index (χ4n) is 2.69. The predicted octanol–water partition coefficient (Wildman–Crippen LogP) is 5.11. The molecule has 0 saturated carbocycles. The first kappa shape index (κ1) is 18.7. The molecule has 3 rings (SSSR count). The zero-order chi connectivity index (χ0) is 19.2. The Morgan fingerprint density at radius 2 is 1.67 bits per heavy atom.